The van der Waals surface area contributed by atoms with Gasteiger partial charge < -0.3 is 15.8 Å². The van der Waals surface area contributed by atoms with Gasteiger partial charge in [0.1, 0.15) is 5.82 Å². The van der Waals surface area contributed by atoms with Gasteiger partial charge in [-0.05, 0) is 18.8 Å². The average molecular weight is 292 g/mol. The molecular formula is C15H24N4O2. The summed E-state index contributed by atoms with van der Waals surface area (Å²) in [5.41, 5.74) is 6.50. The van der Waals surface area contributed by atoms with Crippen LogP contribution >= 0.6 is 0 Å². The summed E-state index contributed by atoms with van der Waals surface area (Å²) in [7, 11) is 0. The number of rotatable bonds is 3. The molecule has 3 N–H and O–H groups in total. The second-order valence-corrected chi connectivity index (χ2v) is 6.51. The van der Waals surface area contributed by atoms with E-state index in [4.69, 9.17) is 10.5 Å². The second kappa shape index (κ2) is 6.49. The van der Waals surface area contributed by atoms with E-state index in [0.717, 1.165) is 18.7 Å². The first-order chi connectivity index (χ1) is 9.88. The normalized spacial score (nSPS) is 18.3. The maximum absolute atomic E-state index is 12.2. The Hall–Kier alpha value is -1.53. The van der Waals surface area contributed by atoms with Crippen LogP contribution in [-0.2, 0) is 14.9 Å². The molecule has 1 aliphatic heterocycles. The van der Waals surface area contributed by atoms with Crippen LogP contribution in [0.1, 0.15) is 39.4 Å². The van der Waals surface area contributed by atoms with Gasteiger partial charge in [0, 0.05) is 18.6 Å². The average Bonchev–Trinajstić information content (AvgIpc) is 2.47. The Balaban J connectivity index is 1.95. The van der Waals surface area contributed by atoms with E-state index >= 15 is 0 Å². The van der Waals surface area contributed by atoms with Gasteiger partial charge >= 0.3 is 0 Å². The van der Waals surface area contributed by atoms with Crippen LogP contribution in [0.2, 0.25) is 0 Å². The highest BCUT2D eigenvalue weighted by atomic mass is 16.5. The molecule has 1 saturated heterocycles. The summed E-state index contributed by atoms with van der Waals surface area (Å²) in [4.78, 5) is 20.7. The molecular weight excluding hydrogens is 268 g/mol. The molecule has 1 unspecified atom stereocenters. The van der Waals surface area contributed by atoms with E-state index in [-0.39, 0.29) is 17.2 Å². The van der Waals surface area contributed by atoms with Crippen LogP contribution in [0.3, 0.4) is 0 Å². The molecule has 1 atom stereocenters. The molecule has 6 nitrogen and oxygen atoms in total. The molecule has 0 bridgehead atoms. The van der Waals surface area contributed by atoms with Crippen LogP contribution < -0.4 is 11.1 Å². The van der Waals surface area contributed by atoms with E-state index in [2.05, 4.69) is 15.3 Å². The third-order valence-electron chi connectivity index (χ3n) is 3.67. The van der Waals surface area contributed by atoms with Crippen molar-refractivity contribution in [3.8, 4) is 0 Å². The Kier molecular flexibility index (Phi) is 4.90. The van der Waals surface area contributed by atoms with E-state index in [1.54, 1.807) is 12.4 Å². The van der Waals surface area contributed by atoms with Crippen molar-refractivity contribution in [2.45, 2.75) is 45.1 Å². The summed E-state index contributed by atoms with van der Waals surface area (Å²) in [6.45, 7) is 7.48. The van der Waals surface area contributed by atoms with Crippen molar-refractivity contribution in [2.75, 3.05) is 18.5 Å². The fraction of sp³-hybridized carbons (Fsp3) is 0.667. The minimum absolute atomic E-state index is 0.110. The second-order valence-electron chi connectivity index (χ2n) is 6.51. The van der Waals surface area contributed by atoms with Crippen molar-refractivity contribution >= 4 is 11.6 Å². The number of nitrogens with zero attached hydrogens (tertiary/aromatic N) is 2. The molecule has 1 fully saturated rings. The number of nitrogens with two attached hydrogens (primary N) is 1. The predicted octanol–water partition coefficient (Wildman–Crippen LogP) is 1.47. The van der Waals surface area contributed by atoms with Crippen LogP contribution in [0, 0.1) is 5.92 Å². The Morgan fingerprint density at radius 3 is 2.43 bits per heavy atom. The van der Waals surface area contributed by atoms with Crippen molar-refractivity contribution < 1.29 is 9.53 Å². The molecule has 2 heterocycles. The molecule has 0 spiro atoms. The standard InChI is InChI=1S/C15H24N4O2/c1-15(2,3)14-17-8-11(9-18-14)19-13(20)12(16)10-4-6-21-7-5-10/h8-10,12H,4-7,16H2,1-3H3,(H,19,20). The molecule has 0 radical (unpaired) electrons. The molecule has 0 saturated carbocycles. The Morgan fingerprint density at radius 1 is 1.33 bits per heavy atom. The SMILES string of the molecule is CC(C)(C)c1ncc(NC(=O)C(N)C2CCOCC2)cn1. The molecule has 1 aromatic heterocycles. The zero-order chi connectivity index (χ0) is 15.5. The van der Waals surface area contributed by atoms with E-state index < -0.39 is 6.04 Å². The summed E-state index contributed by atoms with van der Waals surface area (Å²) < 4.78 is 5.29. The number of hydrogen-bond acceptors (Lipinski definition) is 5. The lowest BCUT2D eigenvalue weighted by Gasteiger charge is -2.26. The van der Waals surface area contributed by atoms with E-state index in [9.17, 15) is 4.79 Å². The highest BCUT2D eigenvalue weighted by Gasteiger charge is 2.26. The number of amides is 1. The smallest absolute Gasteiger partial charge is 0.241 e. The lowest BCUT2D eigenvalue weighted by atomic mass is 9.92. The Bertz CT molecular complexity index is 475. The minimum atomic E-state index is -0.517. The minimum Gasteiger partial charge on any atom is -0.381 e. The summed E-state index contributed by atoms with van der Waals surface area (Å²) in [5.74, 6) is 0.733. The van der Waals surface area contributed by atoms with Crippen LogP contribution in [-0.4, -0.2) is 35.1 Å². The van der Waals surface area contributed by atoms with Crippen molar-refractivity contribution in [1.29, 1.82) is 0 Å². The third kappa shape index (κ3) is 4.22. The highest BCUT2D eigenvalue weighted by molar-refractivity contribution is 5.94. The van der Waals surface area contributed by atoms with Crippen molar-refractivity contribution in [3.63, 3.8) is 0 Å². The Morgan fingerprint density at radius 2 is 1.90 bits per heavy atom. The monoisotopic (exact) mass is 292 g/mol. The summed E-state index contributed by atoms with van der Waals surface area (Å²) in [6.07, 6.45) is 4.91. The van der Waals surface area contributed by atoms with Gasteiger partial charge in [-0.2, -0.15) is 0 Å². The first kappa shape index (κ1) is 15.9. The van der Waals surface area contributed by atoms with E-state index in [1.807, 2.05) is 20.8 Å². The van der Waals surface area contributed by atoms with Crippen LogP contribution in [0.15, 0.2) is 12.4 Å². The van der Waals surface area contributed by atoms with Gasteiger partial charge in [-0.15, -0.1) is 0 Å². The zero-order valence-corrected chi connectivity index (χ0v) is 12.9. The number of ether oxygens (including phenoxy) is 1. The van der Waals surface area contributed by atoms with Gasteiger partial charge in [0.25, 0.3) is 0 Å². The lowest BCUT2D eigenvalue weighted by Crippen LogP contribution is -2.44. The van der Waals surface area contributed by atoms with Crippen molar-refractivity contribution in [1.82, 2.24) is 9.97 Å². The molecule has 116 valence electrons. The van der Waals surface area contributed by atoms with Crippen molar-refractivity contribution in [2.24, 2.45) is 11.7 Å². The van der Waals surface area contributed by atoms with Gasteiger partial charge in [-0.3, -0.25) is 4.79 Å². The van der Waals surface area contributed by atoms with Crippen LogP contribution in [0.4, 0.5) is 5.69 Å². The van der Waals surface area contributed by atoms with Crippen molar-refractivity contribution in [3.05, 3.63) is 18.2 Å². The molecule has 21 heavy (non-hydrogen) atoms. The first-order valence-electron chi connectivity index (χ1n) is 7.34. The third-order valence-corrected chi connectivity index (χ3v) is 3.67. The number of carbonyl (C=O) groups is 1. The molecule has 1 aromatic rings. The highest BCUT2D eigenvalue weighted by Crippen LogP contribution is 2.20. The zero-order valence-electron chi connectivity index (χ0n) is 12.9. The molecule has 6 heteroatoms. The molecule has 0 aromatic carbocycles. The topological polar surface area (TPSA) is 90.1 Å². The number of carbonyl (C=O) groups excluding carboxylic acids is 1. The van der Waals surface area contributed by atoms with Gasteiger partial charge in [0.2, 0.25) is 5.91 Å². The summed E-state index contributed by atoms with van der Waals surface area (Å²) >= 11 is 0. The van der Waals surface area contributed by atoms with Crippen LogP contribution in [0.5, 0.6) is 0 Å². The molecule has 1 aliphatic rings. The predicted molar refractivity (Wildman–Crippen MR) is 80.9 cm³/mol. The Labute approximate surface area is 125 Å². The molecule has 0 aliphatic carbocycles. The molecule has 1 amide bonds. The number of aromatic nitrogens is 2. The maximum atomic E-state index is 12.2. The van der Waals surface area contributed by atoms with Gasteiger partial charge in [0.15, 0.2) is 0 Å². The number of anilines is 1. The van der Waals surface area contributed by atoms with E-state index in [0.29, 0.717) is 18.9 Å². The fourth-order valence-corrected chi connectivity index (χ4v) is 2.29. The largest absolute Gasteiger partial charge is 0.381 e. The van der Waals surface area contributed by atoms with E-state index in [1.165, 1.54) is 0 Å². The van der Waals surface area contributed by atoms with Gasteiger partial charge in [-0.25, -0.2) is 9.97 Å². The fourth-order valence-electron chi connectivity index (χ4n) is 2.29. The van der Waals surface area contributed by atoms with Gasteiger partial charge in [0.05, 0.1) is 24.1 Å². The number of hydrogen-bond donors (Lipinski definition) is 2. The lowest BCUT2D eigenvalue weighted by molar-refractivity contribution is -0.119. The summed E-state index contributed by atoms with van der Waals surface area (Å²) in [6, 6.07) is -0.517. The molecule has 2 rings (SSSR count). The van der Waals surface area contributed by atoms with Crippen LogP contribution in [0.25, 0.3) is 0 Å². The summed E-state index contributed by atoms with van der Waals surface area (Å²) in [5, 5.41) is 2.79. The first-order valence-corrected chi connectivity index (χ1v) is 7.34. The quantitative estimate of drug-likeness (QED) is 0.880. The number of nitrogens with one attached hydrogen (secondary N) is 1. The van der Waals surface area contributed by atoms with Gasteiger partial charge in [-0.1, -0.05) is 20.8 Å². The maximum Gasteiger partial charge on any atom is 0.241 e.